The van der Waals surface area contributed by atoms with Crippen molar-refractivity contribution in [2.45, 2.75) is 348 Å². The summed E-state index contributed by atoms with van der Waals surface area (Å²) in [6.45, 7) is 6.68. The molecular formula is C63H118O6. The molecule has 0 aliphatic heterocycles. The third-order valence-electron chi connectivity index (χ3n) is 14.0. The lowest BCUT2D eigenvalue weighted by Crippen LogP contribution is -2.30. The van der Waals surface area contributed by atoms with E-state index in [9.17, 15) is 14.4 Å². The van der Waals surface area contributed by atoms with Crippen LogP contribution in [0.3, 0.4) is 0 Å². The summed E-state index contributed by atoms with van der Waals surface area (Å²) in [6.07, 6.45) is 68.8. The van der Waals surface area contributed by atoms with Crippen LogP contribution in [0.15, 0.2) is 24.3 Å². The van der Waals surface area contributed by atoms with Crippen molar-refractivity contribution < 1.29 is 28.6 Å². The second-order valence-corrected chi connectivity index (χ2v) is 21.0. The first-order valence-corrected chi connectivity index (χ1v) is 30.8. The van der Waals surface area contributed by atoms with Crippen molar-refractivity contribution in [2.24, 2.45) is 0 Å². The molecule has 0 N–H and O–H groups in total. The number of ether oxygens (including phenoxy) is 3. The third-order valence-corrected chi connectivity index (χ3v) is 14.0. The molecule has 0 aliphatic rings. The molecule has 0 spiro atoms. The summed E-state index contributed by atoms with van der Waals surface area (Å²) >= 11 is 0. The molecule has 406 valence electrons. The molecule has 0 saturated heterocycles. The topological polar surface area (TPSA) is 78.9 Å². The monoisotopic (exact) mass is 971 g/mol. The maximum atomic E-state index is 12.9. The molecule has 6 nitrogen and oxygen atoms in total. The lowest BCUT2D eigenvalue weighted by atomic mass is 10.0. The normalized spacial score (nSPS) is 12.1. The molecule has 69 heavy (non-hydrogen) atoms. The van der Waals surface area contributed by atoms with Crippen LogP contribution in [-0.4, -0.2) is 37.2 Å². The van der Waals surface area contributed by atoms with Crippen LogP contribution in [-0.2, 0) is 28.6 Å². The average Bonchev–Trinajstić information content (AvgIpc) is 3.35. The van der Waals surface area contributed by atoms with Crippen LogP contribution in [0.2, 0.25) is 0 Å². The number of rotatable bonds is 57. The fourth-order valence-corrected chi connectivity index (χ4v) is 9.30. The Kier molecular flexibility index (Phi) is 56.7. The van der Waals surface area contributed by atoms with Crippen LogP contribution in [0.25, 0.3) is 0 Å². The minimum absolute atomic E-state index is 0.0686. The zero-order valence-electron chi connectivity index (χ0n) is 46.6. The zero-order chi connectivity index (χ0) is 50.0. The highest BCUT2D eigenvalue weighted by Crippen LogP contribution is 2.17. The van der Waals surface area contributed by atoms with Gasteiger partial charge in [0.15, 0.2) is 6.10 Å². The van der Waals surface area contributed by atoms with Gasteiger partial charge in [-0.15, -0.1) is 0 Å². The van der Waals surface area contributed by atoms with Crippen LogP contribution in [0, 0.1) is 0 Å². The number of hydrogen-bond acceptors (Lipinski definition) is 6. The van der Waals surface area contributed by atoms with Gasteiger partial charge in [-0.25, -0.2) is 0 Å². The number of unbranched alkanes of at least 4 members (excludes halogenated alkanes) is 42. The first-order chi connectivity index (χ1) is 34.0. The molecule has 1 unspecified atom stereocenters. The Morgan fingerprint density at radius 2 is 0.522 bits per heavy atom. The van der Waals surface area contributed by atoms with Gasteiger partial charge in [0.1, 0.15) is 13.2 Å². The molecule has 0 aromatic heterocycles. The molecule has 1 atom stereocenters. The van der Waals surface area contributed by atoms with Crippen LogP contribution >= 0.6 is 0 Å². The van der Waals surface area contributed by atoms with Crippen molar-refractivity contribution >= 4 is 17.9 Å². The van der Waals surface area contributed by atoms with E-state index < -0.39 is 6.10 Å². The van der Waals surface area contributed by atoms with E-state index >= 15 is 0 Å². The van der Waals surface area contributed by atoms with Gasteiger partial charge in [0, 0.05) is 19.3 Å². The number of allylic oxidation sites excluding steroid dienone is 4. The Balaban J connectivity index is 4.31. The number of esters is 3. The summed E-state index contributed by atoms with van der Waals surface area (Å²) in [4.78, 5) is 38.2. The van der Waals surface area contributed by atoms with E-state index in [-0.39, 0.29) is 31.1 Å². The molecule has 0 heterocycles. The molecule has 0 radical (unpaired) electrons. The lowest BCUT2D eigenvalue weighted by molar-refractivity contribution is -0.167. The van der Waals surface area contributed by atoms with Gasteiger partial charge in [0.2, 0.25) is 0 Å². The van der Waals surface area contributed by atoms with E-state index in [2.05, 4.69) is 45.1 Å². The van der Waals surface area contributed by atoms with Gasteiger partial charge in [-0.3, -0.25) is 14.4 Å². The molecule has 6 heteroatoms. The number of hydrogen-bond donors (Lipinski definition) is 0. The SMILES string of the molecule is CCCCCC/C=C\C/C=C\CCCCCCCCCC(=O)OC(COC(=O)CCCCCCCCCCCCCCCC)COC(=O)CCCCCCCCCCCCCCCCCCCCC. The maximum absolute atomic E-state index is 12.9. The molecule has 0 fully saturated rings. The highest BCUT2D eigenvalue weighted by atomic mass is 16.6. The number of carbonyl (C=O) groups is 3. The van der Waals surface area contributed by atoms with Crippen molar-refractivity contribution in [3.63, 3.8) is 0 Å². The predicted octanol–water partition coefficient (Wildman–Crippen LogP) is 20.7. The predicted molar refractivity (Wildman–Crippen MR) is 298 cm³/mol. The minimum atomic E-state index is -0.771. The van der Waals surface area contributed by atoms with E-state index in [1.165, 1.54) is 231 Å². The highest BCUT2D eigenvalue weighted by Gasteiger charge is 2.19. The molecule has 0 amide bonds. The fraction of sp³-hybridized carbons (Fsp3) is 0.889. The summed E-state index contributed by atoms with van der Waals surface area (Å²) in [5, 5.41) is 0. The standard InChI is InChI=1S/C63H118O6/c1-4-7-10-13-16-19-22-25-28-30-32-34-35-38-41-44-47-50-53-56-62(65)68-59-60(58-67-61(64)55-52-49-46-43-40-37-27-24-21-18-15-12-9-6-3)69-63(66)57-54-51-48-45-42-39-36-33-31-29-26-23-20-17-14-11-8-5-2/h20,23,29,31,60H,4-19,21-22,24-28,30,32-59H2,1-3H3/b23-20-,31-29-. The molecule has 0 aromatic carbocycles. The van der Waals surface area contributed by atoms with Gasteiger partial charge >= 0.3 is 17.9 Å². The summed E-state index contributed by atoms with van der Waals surface area (Å²) in [6, 6.07) is 0. The van der Waals surface area contributed by atoms with Crippen molar-refractivity contribution in [1.82, 2.24) is 0 Å². The Morgan fingerprint density at radius 3 is 0.812 bits per heavy atom. The summed E-state index contributed by atoms with van der Waals surface area (Å²) in [5.74, 6) is -0.850. The molecule has 0 aromatic rings. The molecule has 0 bridgehead atoms. The Labute approximate surface area is 430 Å². The molecule has 0 saturated carbocycles. The van der Waals surface area contributed by atoms with Crippen molar-refractivity contribution in [3.8, 4) is 0 Å². The quantitative estimate of drug-likeness (QED) is 0.0261. The number of carbonyl (C=O) groups excluding carboxylic acids is 3. The van der Waals surface area contributed by atoms with Gasteiger partial charge in [0.05, 0.1) is 0 Å². The summed E-state index contributed by atoms with van der Waals surface area (Å²) < 4.78 is 16.9. The van der Waals surface area contributed by atoms with Crippen LogP contribution in [0.4, 0.5) is 0 Å². The van der Waals surface area contributed by atoms with Crippen LogP contribution in [0.5, 0.6) is 0 Å². The Hall–Kier alpha value is -2.11. The van der Waals surface area contributed by atoms with E-state index in [0.29, 0.717) is 19.3 Å². The van der Waals surface area contributed by atoms with Crippen LogP contribution in [0.1, 0.15) is 342 Å². The molecule has 0 aliphatic carbocycles. The first kappa shape index (κ1) is 66.9. The average molecular weight is 972 g/mol. The van der Waals surface area contributed by atoms with Crippen molar-refractivity contribution in [2.75, 3.05) is 13.2 Å². The smallest absolute Gasteiger partial charge is 0.306 e. The summed E-state index contributed by atoms with van der Waals surface area (Å²) in [5.41, 5.74) is 0. The van der Waals surface area contributed by atoms with E-state index in [1.54, 1.807) is 0 Å². The van der Waals surface area contributed by atoms with Gasteiger partial charge in [-0.1, -0.05) is 295 Å². The van der Waals surface area contributed by atoms with Crippen LogP contribution < -0.4 is 0 Å². The zero-order valence-corrected chi connectivity index (χ0v) is 46.6. The second kappa shape index (κ2) is 58.5. The Bertz CT molecular complexity index is 1110. The fourth-order valence-electron chi connectivity index (χ4n) is 9.30. The van der Waals surface area contributed by atoms with E-state index in [1.807, 2.05) is 0 Å². The van der Waals surface area contributed by atoms with Gasteiger partial charge in [-0.05, 0) is 51.4 Å². The second-order valence-electron chi connectivity index (χ2n) is 21.0. The van der Waals surface area contributed by atoms with Gasteiger partial charge in [-0.2, -0.15) is 0 Å². The maximum Gasteiger partial charge on any atom is 0.306 e. The molecular weight excluding hydrogens is 853 g/mol. The van der Waals surface area contributed by atoms with Crippen molar-refractivity contribution in [1.29, 1.82) is 0 Å². The van der Waals surface area contributed by atoms with Crippen molar-refractivity contribution in [3.05, 3.63) is 24.3 Å². The molecule has 0 rings (SSSR count). The highest BCUT2D eigenvalue weighted by molar-refractivity contribution is 5.71. The van der Waals surface area contributed by atoms with Gasteiger partial charge < -0.3 is 14.2 Å². The van der Waals surface area contributed by atoms with E-state index in [4.69, 9.17) is 14.2 Å². The summed E-state index contributed by atoms with van der Waals surface area (Å²) in [7, 11) is 0. The Morgan fingerprint density at radius 1 is 0.290 bits per heavy atom. The van der Waals surface area contributed by atoms with E-state index in [0.717, 1.165) is 70.6 Å². The minimum Gasteiger partial charge on any atom is -0.462 e. The largest absolute Gasteiger partial charge is 0.462 e. The van der Waals surface area contributed by atoms with Gasteiger partial charge in [0.25, 0.3) is 0 Å². The third kappa shape index (κ3) is 56.7. The lowest BCUT2D eigenvalue weighted by Gasteiger charge is -2.18. The first-order valence-electron chi connectivity index (χ1n) is 30.8.